The molecule has 5 atom stereocenters. The van der Waals surface area contributed by atoms with Gasteiger partial charge in [-0.15, -0.1) is 5.10 Å². The first-order chi connectivity index (χ1) is 57.1. The molecule has 13 rings (SSSR count). The number of rotatable bonds is 37. The lowest BCUT2D eigenvalue weighted by atomic mass is 9.95. The Hall–Kier alpha value is -11.6. The molecule has 1 aliphatic carbocycles. The van der Waals surface area contributed by atoms with Gasteiger partial charge in [-0.05, 0) is 123 Å². The monoisotopic (exact) mass is 1620 g/mol. The van der Waals surface area contributed by atoms with Crippen molar-refractivity contribution in [3.8, 4) is 51.3 Å². The van der Waals surface area contributed by atoms with E-state index >= 15 is 0 Å². The highest BCUT2D eigenvalue weighted by molar-refractivity contribution is 6.07. The normalized spacial score (nSPS) is 17.1. The molecule has 626 valence electrons. The van der Waals surface area contributed by atoms with Gasteiger partial charge in [-0.1, -0.05) is 85.8 Å². The molecule has 1 spiro atoms. The van der Waals surface area contributed by atoms with Crippen molar-refractivity contribution in [2.75, 3.05) is 127 Å². The minimum absolute atomic E-state index is 0.0306. The van der Waals surface area contributed by atoms with Crippen LogP contribution >= 0.6 is 0 Å². The fourth-order valence-corrected chi connectivity index (χ4v) is 15.3. The first-order valence-electron chi connectivity index (χ1n) is 40.2. The molecule has 6 heterocycles. The number of para-hydroxylation sites is 1. The first kappa shape index (κ1) is 84.3. The van der Waals surface area contributed by atoms with E-state index in [1.54, 1.807) is 72.1 Å². The van der Waals surface area contributed by atoms with Gasteiger partial charge >= 0.3 is 6.09 Å². The molecule has 2 fully saturated rings. The predicted octanol–water partition coefficient (Wildman–Crippen LogP) is 9.70. The zero-order valence-electron chi connectivity index (χ0n) is 67.9. The number of anilines is 4. The summed E-state index contributed by atoms with van der Waals surface area (Å²) in [5.74, 6) is -0.763. The lowest BCUT2D eigenvalue weighted by molar-refractivity contribution is -0.132. The summed E-state index contributed by atoms with van der Waals surface area (Å²) >= 11 is 0. The molecule has 8 amide bonds. The average molecular weight is 1620 g/mol. The number of hydrogen-bond donors (Lipinski definition) is 6. The SMILES string of the molecule is COc1ccc(C2=CN3C(=O)c4cc(OC)c(OCCCOc5cc6c(cc5OC)C(=O)N5CC7(CC7)C[C@H]5C(O)N6C(=O)OCc5ccc(NC(=O)[C@H](C)NC(=O)[C@@H](NC(=O)CCOCCOCCOCCOCCC(=O)NCCC(=O)N6Cc7ccccc7-c7nnn(C(C)C)c7-c7ccccc76)C(C)C)cc5)cc4NC[C@@H]3C2)cc1. The van der Waals surface area contributed by atoms with Gasteiger partial charge in [-0.25, -0.2) is 14.4 Å². The lowest BCUT2D eigenvalue weighted by Gasteiger charge is -2.31. The first-order valence-corrected chi connectivity index (χ1v) is 40.2. The van der Waals surface area contributed by atoms with Gasteiger partial charge in [0.05, 0.1) is 140 Å². The van der Waals surface area contributed by atoms with E-state index in [-0.39, 0.29) is 162 Å². The summed E-state index contributed by atoms with van der Waals surface area (Å²) in [6.07, 6.45) is 2.99. The number of aliphatic hydroxyl groups excluding tert-OH is 1. The number of hydrogen-bond acceptors (Lipinski definition) is 22. The number of nitrogens with zero attached hydrogens (tertiary/aromatic N) is 7. The number of ether oxygens (including phenoxy) is 10. The molecule has 1 saturated carbocycles. The number of carbonyl (C=O) groups is 8. The maximum absolute atomic E-state index is 14.5. The van der Waals surface area contributed by atoms with Crippen LogP contribution in [0.5, 0.6) is 28.7 Å². The van der Waals surface area contributed by atoms with E-state index in [0.717, 1.165) is 68.4 Å². The number of aliphatic hydroxyl groups is 1. The van der Waals surface area contributed by atoms with E-state index in [0.29, 0.717) is 79.5 Å². The highest BCUT2D eigenvalue weighted by Crippen LogP contribution is 2.57. The van der Waals surface area contributed by atoms with Crippen molar-refractivity contribution in [1.82, 2.24) is 40.7 Å². The van der Waals surface area contributed by atoms with E-state index < -0.39 is 48.2 Å². The molecule has 1 aromatic heterocycles. The Morgan fingerprint density at radius 2 is 1.29 bits per heavy atom. The van der Waals surface area contributed by atoms with Gasteiger partial charge in [0.15, 0.2) is 29.2 Å². The largest absolute Gasteiger partial charge is 0.497 e. The zero-order chi connectivity index (χ0) is 83.2. The number of methoxy groups -OCH3 is 3. The number of amides is 8. The zero-order valence-corrected chi connectivity index (χ0v) is 67.9. The Labute approximate surface area is 685 Å². The summed E-state index contributed by atoms with van der Waals surface area (Å²) in [6, 6.07) is 33.6. The van der Waals surface area contributed by atoms with Gasteiger partial charge < -0.3 is 93.8 Å². The second-order valence-electron chi connectivity index (χ2n) is 30.7. The fourth-order valence-electron chi connectivity index (χ4n) is 15.3. The summed E-state index contributed by atoms with van der Waals surface area (Å²) in [5, 5.41) is 35.9. The summed E-state index contributed by atoms with van der Waals surface area (Å²) in [6.45, 7) is 12.5. The standard InChI is InChI=1S/C87H104N12O19/c1-53(2)78(92-76(101)28-35-113-37-39-115-41-40-114-38-36-112-34-27-75(100)88-31-26-77(102)96-49-58-14-9-10-15-63(58)79-80(99(54(3)4)94-93-79)64-16-11-12-17-68(64)96)82(104)90-55(5)81(103)91-60-22-18-56(19-23-60)51-118-86(108)98-69-46-74(72(111-8)44-66(69)84(106)97-52-87(29-30-87)47-70(97)85(98)107)117-33-13-32-116-73-45-67-65(43-71(73)110-7)83(105)95-50-59(42-61(95)48-89-67)57-20-24-62(109-6)25-21-57/h9-12,14-25,43-46,50,53-55,61,70,78,85,89,107H,13,26-42,47-49,51-52H2,1-8H3,(H,88,100)(H,90,104)(H,91,103)(H,92,101)/t55-,61-,70-,78-,85?/m0/s1. The number of benzene rings is 6. The topological polar surface area (TPSA) is 353 Å². The Morgan fingerprint density at radius 1 is 0.644 bits per heavy atom. The number of carbonyl (C=O) groups excluding carboxylic acids is 8. The molecule has 1 unspecified atom stereocenters. The molecule has 7 aromatic rings. The Balaban J connectivity index is 0.498. The van der Waals surface area contributed by atoms with Crippen molar-refractivity contribution in [2.45, 2.75) is 136 Å². The van der Waals surface area contributed by atoms with Gasteiger partial charge in [-0.2, -0.15) is 0 Å². The van der Waals surface area contributed by atoms with E-state index in [4.69, 9.17) is 47.4 Å². The Morgan fingerprint density at radius 3 is 1.95 bits per heavy atom. The van der Waals surface area contributed by atoms with Crippen LogP contribution in [0.2, 0.25) is 0 Å². The van der Waals surface area contributed by atoms with Gasteiger partial charge in [0, 0.05) is 86.5 Å². The van der Waals surface area contributed by atoms with Crippen molar-refractivity contribution >= 4 is 75.8 Å². The highest BCUT2D eigenvalue weighted by atomic mass is 16.6. The van der Waals surface area contributed by atoms with Crippen molar-refractivity contribution in [3.63, 3.8) is 0 Å². The molecule has 5 aliphatic heterocycles. The van der Waals surface area contributed by atoms with Crippen LogP contribution < -0.4 is 60.1 Å². The van der Waals surface area contributed by atoms with Gasteiger partial charge in [0.25, 0.3) is 11.8 Å². The third kappa shape index (κ3) is 19.8. The molecule has 6 aliphatic rings. The van der Waals surface area contributed by atoms with Crippen molar-refractivity contribution in [3.05, 3.63) is 155 Å². The second kappa shape index (κ2) is 38.6. The quantitative estimate of drug-likeness (QED) is 0.0197. The second-order valence-corrected chi connectivity index (χ2v) is 30.7. The van der Waals surface area contributed by atoms with Crippen LogP contribution in [0.25, 0.3) is 28.1 Å². The molecule has 6 aromatic carbocycles. The van der Waals surface area contributed by atoms with Crippen LogP contribution in [-0.2, 0) is 60.8 Å². The van der Waals surface area contributed by atoms with E-state index in [1.807, 2.05) is 97.5 Å². The lowest BCUT2D eigenvalue weighted by Crippen LogP contribution is -2.53. The highest BCUT2D eigenvalue weighted by Gasteiger charge is 2.58. The number of aromatic nitrogens is 3. The third-order valence-corrected chi connectivity index (χ3v) is 21.9. The summed E-state index contributed by atoms with van der Waals surface area (Å²) in [7, 11) is 4.58. The van der Waals surface area contributed by atoms with E-state index in [1.165, 1.54) is 33.3 Å². The van der Waals surface area contributed by atoms with Crippen LogP contribution in [-0.4, -0.2) is 215 Å². The van der Waals surface area contributed by atoms with Crippen molar-refractivity contribution in [1.29, 1.82) is 0 Å². The predicted molar refractivity (Wildman–Crippen MR) is 437 cm³/mol. The van der Waals surface area contributed by atoms with Crippen LogP contribution in [0.4, 0.5) is 27.5 Å². The molecule has 31 heteroatoms. The van der Waals surface area contributed by atoms with Crippen LogP contribution in [0.1, 0.15) is 129 Å². The fraction of sp³-hybridized carbons (Fsp3) is 0.448. The van der Waals surface area contributed by atoms with Crippen molar-refractivity contribution in [2.24, 2.45) is 11.3 Å². The molecule has 0 radical (unpaired) electrons. The smallest absolute Gasteiger partial charge is 0.416 e. The maximum Gasteiger partial charge on any atom is 0.416 e. The van der Waals surface area contributed by atoms with Gasteiger partial charge in [-0.3, -0.25) is 33.6 Å². The molecule has 118 heavy (non-hydrogen) atoms. The van der Waals surface area contributed by atoms with Gasteiger partial charge in [0.1, 0.15) is 30.1 Å². The Kier molecular flexibility index (Phi) is 27.6. The van der Waals surface area contributed by atoms with Gasteiger partial charge in [0.2, 0.25) is 29.5 Å². The molecule has 31 nitrogen and oxygen atoms in total. The summed E-state index contributed by atoms with van der Waals surface area (Å²) < 4.78 is 59.6. The van der Waals surface area contributed by atoms with Crippen LogP contribution in [0, 0.1) is 11.3 Å². The van der Waals surface area contributed by atoms with E-state index in [2.05, 4.69) is 36.9 Å². The molecular formula is C87H104N12O19. The minimum Gasteiger partial charge on any atom is -0.497 e. The Bertz CT molecular complexity index is 4820. The maximum atomic E-state index is 14.5. The average Bonchev–Trinajstić information content (AvgIpc) is 1.56. The van der Waals surface area contributed by atoms with Crippen LogP contribution in [0.3, 0.4) is 0 Å². The third-order valence-electron chi connectivity index (χ3n) is 21.9. The van der Waals surface area contributed by atoms with Crippen molar-refractivity contribution < 1.29 is 90.8 Å². The molecule has 6 N–H and O–H groups in total. The molecular weight excluding hydrogens is 1520 g/mol. The number of nitrogens with one attached hydrogen (secondary N) is 5. The summed E-state index contributed by atoms with van der Waals surface area (Å²) in [4.78, 5) is 116. The molecule has 0 bridgehead atoms. The summed E-state index contributed by atoms with van der Waals surface area (Å²) in [5.41, 5.74) is 9.18. The minimum atomic E-state index is -1.49. The number of fused-ring (bicyclic) bond motifs is 9. The van der Waals surface area contributed by atoms with E-state index in [9.17, 15) is 43.5 Å². The van der Waals surface area contributed by atoms with Crippen LogP contribution in [0.15, 0.2) is 128 Å². The molecule has 1 saturated heterocycles.